The number of aromatic hydroxyl groups is 1. The zero-order valence-electron chi connectivity index (χ0n) is 21.0. The van der Waals surface area contributed by atoms with E-state index in [1.54, 1.807) is 12.1 Å². The fourth-order valence-corrected chi connectivity index (χ4v) is 4.01. The zero-order valence-corrected chi connectivity index (χ0v) is 21.0. The van der Waals surface area contributed by atoms with E-state index in [2.05, 4.69) is 6.92 Å². The van der Waals surface area contributed by atoms with Crippen LogP contribution in [0, 0.1) is 6.92 Å². The first kappa shape index (κ1) is 27.5. The second-order valence-corrected chi connectivity index (χ2v) is 10.2. The molecule has 0 aliphatic carbocycles. The molecule has 0 saturated carbocycles. The first-order valence-electron chi connectivity index (χ1n) is 12.8. The number of phenolic OH excluding ortho intramolecular Hbond substituents is 1. The Morgan fingerprint density at radius 1 is 0.806 bits per heavy atom. The third-order valence-corrected chi connectivity index (χ3v) is 6.08. The molecule has 1 aromatic rings. The van der Waals surface area contributed by atoms with Gasteiger partial charge < -0.3 is 9.84 Å². The largest absolute Gasteiger partial charge is 0.507 e. The number of rotatable bonds is 16. The van der Waals surface area contributed by atoms with Gasteiger partial charge in [0, 0.05) is 5.56 Å². The maximum atomic E-state index is 12.4. The van der Waals surface area contributed by atoms with E-state index in [9.17, 15) is 9.90 Å². The number of esters is 1. The molecule has 0 heterocycles. The van der Waals surface area contributed by atoms with E-state index in [1.165, 1.54) is 77.0 Å². The van der Waals surface area contributed by atoms with Crippen LogP contribution in [0.25, 0.3) is 0 Å². The average Bonchev–Trinajstić information content (AvgIpc) is 2.71. The van der Waals surface area contributed by atoms with Crippen molar-refractivity contribution in [2.75, 3.05) is 6.61 Å². The van der Waals surface area contributed by atoms with Gasteiger partial charge >= 0.3 is 5.97 Å². The van der Waals surface area contributed by atoms with Crippen LogP contribution in [-0.4, -0.2) is 17.7 Å². The van der Waals surface area contributed by atoms with E-state index >= 15 is 0 Å². The Morgan fingerprint density at radius 2 is 1.26 bits per heavy atom. The lowest BCUT2D eigenvalue weighted by atomic mass is 9.84. The van der Waals surface area contributed by atoms with Crippen LogP contribution in [0.5, 0.6) is 5.75 Å². The molecule has 3 nitrogen and oxygen atoms in total. The van der Waals surface area contributed by atoms with Gasteiger partial charge in [0.15, 0.2) is 0 Å². The van der Waals surface area contributed by atoms with E-state index < -0.39 is 0 Å². The van der Waals surface area contributed by atoms with Crippen LogP contribution in [0.15, 0.2) is 12.1 Å². The van der Waals surface area contributed by atoms with Gasteiger partial charge in [-0.3, -0.25) is 0 Å². The number of carbonyl (C=O) groups is 1. The van der Waals surface area contributed by atoms with E-state index in [0.717, 1.165) is 24.0 Å². The summed E-state index contributed by atoms with van der Waals surface area (Å²) in [7, 11) is 0. The third-order valence-electron chi connectivity index (χ3n) is 6.08. The van der Waals surface area contributed by atoms with Crippen LogP contribution >= 0.6 is 0 Å². The molecule has 1 N–H and O–H groups in total. The maximum Gasteiger partial charge on any atom is 0.338 e. The highest BCUT2D eigenvalue weighted by atomic mass is 16.5. The van der Waals surface area contributed by atoms with Gasteiger partial charge in [0.2, 0.25) is 0 Å². The molecule has 0 unspecified atom stereocenters. The molecular formula is C28H48O3. The summed E-state index contributed by atoms with van der Waals surface area (Å²) in [5.74, 6) is -0.0145. The van der Waals surface area contributed by atoms with Crippen molar-refractivity contribution in [1.82, 2.24) is 0 Å². The first-order chi connectivity index (χ1) is 14.8. The fourth-order valence-electron chi connectivity index (χ4n) is 4.01. The van der Waals surface area contributed by atoms with Crippen molar-refractivity contribution in [2.24, 2.45) is 0 Å². The number of hydrogen-bond donors (Lipinski definition) is 1. The lowest BCUT2D eigenvalue weighted by Crippen LogP contribution is -2.14. The summed E-state index contributed by atoms with van der Waals surface area (Å²) in [4.78, 5) is 12.4. The molecule has 0 spiro atoms. The van der Waals surface area contributed by atoms with E-state index in [-0.39, 0.29) is 17.1 Å². The Labute approximate surface area is 192 Å². The summed E-state index contributed by atoms with van der Waals surface area (Å²) >= 11 is 0. The minimum absolute atomic E-state index is 0.222. The van der Waals surface area contributed by atoms with Gasteiger partial charge in [0.25, 0.3) is 0 Å². The van der Waals surface area contributed by atoms with Crippen LogP contribution in [0.1, 0.15) is 139 Å². The molecule has 3 heteroatoms. The Hall–Kier alpha value is -1.51. The fraction of sp³-hybridized carbons (Fsp3) is 0.750. The molecule has 1 rings (SSSR count). The number of unbranched alkanes of at least 4 members (excludes halogenated alkanes) is 13. The summed E-state index contributed by atoms with van der Waals surface area (Å²) in [6.45, 7) is 10.7. The predicted molar refractivity (Wildman–Crippen MR) is 132 cm³/mol. The summed E-state index contributed by atoms with van der Waals surface area (Å²) in [6, 6.07) is 3.49. The second kappa shape index (κ2) is 15.3. The molecular weight excluding hydrogens is 384 g/mol. The van der Waals surface area contributed by atoms with Crippen molar-refractivity contribution >= 4 is 5.97 Å². The number of ether oxygens (including phenoxy) is 1. The molecule has 0 saturated heterocycles. The number of hydrogen-bond acceptors (Lipinski definition) is 3. The van der Waals surface area contributed by atoms with Crippen molar-refractivity contribution < 1.29 is 14.6 Å². The number of phenols is 1. The standard InChI is InChI=1S/C28H48O3/c1-6-7-8-9-10-11-12-13-14-15-16-17-18-19-20-31-27(30)24-21-23(2)26(29)25(22-24)28(3,4)5/h21-22,29H,6-20H2,1-5H3. The van der Waals surface area contributed by atoms with Gasteiger partial charge in [-0.2, -0.15) is 0 Å². The summed E-state index contributed by atoms with van der Waals surface area (Å²) in [5, 5.41) is 10.3. The SMILES string of the molecule is CCCCCCCCCCCCCCCCOC(=O)c1cc(C)c(O)c(C(C)(C)C)c1. The van der Waals surface area contributed by atoms with Crippen LogP contribution in [0.2, 0.25) is 0 Å². The van der Waals surface area contributed by atoms with Gasteiger partial charge in [-0.05, 0) is 36.5 Å². The predicted octanol–water partition coefficient (Wildman–Crippen LogP) is 8.64. The molecule has 0 bridgehead atoms. The molecule has 0 fully saturated rings. The lowest BCUT2D eigenvalue weighted by Gasteiger charge is -2.22. The molecule has 178 valence electrons. The van der Waals surface area contributed by atoms with Crippen molar-refractivity contribution in [3.8, 4) is 5.75 Å². The zero-order chi connectivity index (χ0) is 23.1. The van der Waals surface area contributed by atoms with Gasteiger partial charge in [-0.1, -0.05) is 111 Å². The van der Waals surface area contributed by atoms with Crippen LogP contribution in [-0.2, 0) is 10.2 Å². The van der Waals surface area contributed by atoms with Gasteiger partial charge in [0.05, 0.1) is 12.2 Å². The molecule has 0 atom stereocenters. The van der Waals surface area contributed by atoms with E-state index in [0.29, 0.717) is 12.2 Å². The summed E-state index contributed by atoms with van der Waals surface area (Å²) in [6.07, 6.45) is 18.4. The topological polar surface area (TPSA) is 46.5 Å². The summed E-state index contributed by atoms with van der Waals surface area (Å²) < 4.78 is 5.48. The van der Waals surface area contributed by atoms with E-state index in [4.69, 9.17) is 4.74 Å². The van der Waals surface area contributed by atoms with Crippen molar-refractivity contribution in [2.45, 2.75) is 130 Å². The summed E-state index contributed by atoms with van der Waals surface area (Å²) in [5.41, 5.74) is 1.82. The highest BCUT2D eigenvalue weighted by Gasteiger charge is 2.22. The Morgan fingerprint density at radius 3 is 1.71 bits per heavy atom. The minimum atomic E-state index is -0.289. The molecule has 0 aliphatic rings. The highest BCUT2D eigenvalue weighted by Crippen LogP contribution is 2.34. The van der Waals surface area contributed by atoms with Crippen molar-refractivity contribution in [3.05, 3.63) is 28.8 Å². The number of benzene rings is 1. The number of aryl methyl sites for hydroxylation is 1. The molecule has 0 aromatic heterocycles. The van der Waals surface area contributed by atoms with Gasteiger partial charge in [0.1, 0.15) is 5.75 Å². The van der Waals surface area contributed by atoms with Crippen molar-refractivity contribution in [3.63, 3.8) is 0 Å². The monoisotopic (exact) mass is 432 g/mol. The third kappa shape index (κ3) is 11.6. The Kier molecular flexibility index (Phi) is 13.6. The molecule has 0 radical (unpaired) electrons. The van der Waals surface area contributed by atoms with Gasteiger partial charge in [-0.25, -0.2) is 4.79 Å². The van der Waals surface area contributed by atoms with E-state index in [1.807, 2.05) is 27.7 Å². The van der Waals surface area contributed by atoms with Gasteiger partial charge in [-0.15, -0.1) is 0 Å². The smallest absolute Gasteiger partial charge is 0.338 e. The number of carbonyl (C=O) groups excluding carboxylic acids is 1. The van der Waals surface area contributed by atoms with Crippen molar-refractivity contribution in [1.29, 1.82) is 0 Å². The van der Waals surface area contributed by atoms with Crippen LogP contribution in [0.4, 0.5) is 0 Å². The first-order valence-corrected chi connectivity index (χ1v) is 12.8. The lowest BCUT2D eigenvalue weighted by molar-refractivity contribution is 0.0497. The minimum Gasteiger partial charge on any atom is -0.507 e. The molecule has 0 amide bonds. The Bertz CT molecular complexity index is 628. The normalized spacial score (nSPS) is 11.6. The highest BCUT2D eigenvalue weighted by molar-refractivity contribution is 5.90. The second-order valence-electron chi connectivity index (χ2n) is 10.2. The molecule has 0 aliphatic heterocycles. The molecule has 31 heavy (non-hydrogen) atoms. The Balaban J connectivity index is 2.10. The van der Waals surface area contributed by atoms with Crippen LogP contribution < -0.4 is 0 Å². The van der Waals surface area contributed by atoms with Crippen LogP contribution in [0.3, 0.4) is 0 Å². The quantitative estimate of drug-likeness (QED) is 0.210. The molecule has 1 aromatic carbocycles. The maximum absolute atomic E-state index is 12.4. The average molecular weight is 433 g/mol.